The Bertz CT molecular complexity index is 303. The number of ether oxygens (including phenoxy) is 1. The highest BCUT2D eigenvalue weighted by atomic mass is 79.9. The van der Waals surface area contributed by atoms with Crippen LogP contribution < -0.4 is 0 Å². The lowest BCUT2D eigenvalue weighted by molar-refractivity contribution is 0.161. The molecule has 12 heavy (non-hydrogen) atoms. The van der Waals surface area contributed by atoms with Gasteiger partial charge in [-0.3, -0.25) is 0 Å². The highest BCUT2D eigenvalue weighted by molar-refractivity contribution is 9.11. The van der Waals surface area contributed by atoms with Crippen LogP contribution in [0.4, 0.5) is 0 Å². The van der Waals surface area contributed by atoms with Gasteiger partial charge in [0.15, 0.2) is 0 Å². The van der Waals surface area contributed by atoms with Crippen LogP contribution >= 0.6 is 27.3 Å². The van der Waals surface area contributed by atoms with E-state index in [9.17, 15) is 0 Å². The minimum Gasteiger partial charge on any atom is -0.377 e. The van der Waals surface area contributed by atoms with Crippen LogP contribution in [0.1, 0.15) is 11.3 Å². The van der Waals surface area contributed by atoms with Crippen LogP contribution in [0.3, 0.4) is 0 Å². The molecule has 0 saturated carbocycles. The molecule has 0 N–H and O–H groups in total. The largest absolute Gasteiger partial charge is 0.377 e. The fourth-order valence-electron chi connectivity index (χ4n) is 1.24. The lowest BCUT2D eigenvalue weighted by atomic mass is 10.1. The van der Waals surface area contributed by atoms with Gasteiger partial charge in [-0.1, -0.05) is 6.08 Å². The van der Waals surface area contributed by atoms with E-state index in [1.165, 1.54) is 14.2 Å². The maximum absolute atomic E-state index is 5.24. The molecule has 64 valence electrons. The SMILES string of the molecule is Brc1ccc(C2=CCOCC2)s1. The van der Waals surface area contributed by atoms with E-state index in [-0.39, 0.29) is 0 Å². The summed E-state index contributed by atoms with van der Waals surface area (Å²) in [5, 5.41) is 0. The molecule has 1 aliphatic rings. The molecule has 1 aliphatic heterocycles. The molecular weight excluding hydrogens is 236 g/mol. The van der Waals surface area contributed by atoms with Gasteiger partial charge in [0.25, 0.3) is 0 Å². The van der Waals surface area contributed by atoms with Crippen LogP contribution in [-0.2, 0) is 4.74 Å². The third-order valence-electron chi connectivity index (χ3n) is 1.85. The topological polar surface area (TPSA) is 9.23 Å². The van der Waals surface area contributed by atoms with Crippen molar-refractivity contribution < 1.29 is 4.74 Å². The van der Waals surface area contributed by atoms with Crippen molar-refractivity contribution in [3.8, 4) is 0 Å². The minimum absolute atomic E-state index is 0.769. The quantitative estimate of drug-likeness (QED) is 0.737. The fraction of sp³-hybridized carbons (Fsp3) is 0.333. The normalized spacial score (nSPS) is 17.6. The van der Waals surface area contributed by atoms with Crippen molar-refractivity contribution in [2.45, 2.75) is 6.42 Å². The lowest BCUT2D eigenvalue weighted by Crippen LogP contribution is -2.02. The van der Waals surface area contributed by atoms with Crippen molar-refractivity contribution in [2.24, 2.45) is 0 Å². The molecule has 0 aliphatic carbocycles. The van der Waals surface area contributed by atoms with Crippen molar-refractivity contribution in [1.82, 2.24) is 0 Å². The maximum atomic E-state index is 5.24. The number of hydrogen-bond acceptors (Lipinski definition) is 2. The summed E-state index contributed by atoms with van der Waals surface area (Å²) in [5.41, 5.74) is 1.43. The Labute approximate surface area is 84.2 Å². The fourth-order valence-corrected chi connectivity index (χ4v) is 2.69. The maximum Gasteiger partial charge on any atom is 0.0704 e. The molecule has 0 unspecified atom stereocenters. The predicted octanol–water partition coefficient (Wildman–Crippen LogP) is 3.31. The smallest absolute Gasteiger partial charge is 0.0704 e. The van der Waals surface area contributed by atoms with Gasteiger partial charge >= 0.3 is 0 Å². The molecule has 0 fully saturated rings. The molecule has 3 heteroatoms. The van der Waals surface area contributed by atoms with Gasteiger partial charge < -0.3 is 4.74 Å². The minimum atomic E-state index is 0.769. The van der Waals surface area contributed by atoms with Gasteiger partial charge in [-0.2, -0.15) is 0 Å². The Morgan fingerprint density at radius 3 is 2.92 bits per heavy atom. The molecule has 0 bridgehead atoms. The molecule has 2 rings (SSSR count). The van der Waals surface area contributed by atoms with E-state index in [1.54, 1.807) is 11.3 Å². The van der Waals surface area contributed by atoms with Crippen LogP contribution in [-0.4, -0.2) is 13.2 Å². The Morgan fingerprint density at radius 2 is 2.33 bits per heavy atom. The number of thiophene rings is 1. The zero-order chi connectivity index (χ0) is 8.39. The van der Waals surface area contributed by atoms with Crippen molar-refractivity contribution >= 4 is 32.8 Å². The monoisotopic (exact) mass is 244 g/mol. The Morgan fingerprint density at radius 1 is 1.42 bits per heavy atom. The third kappa shape index (κ3) is 1.79. The van der Waals surface area contributed by atoms with E-state index in [0.29, 0.717) is 0 Å². The first-order chi connectivity index (χ1) is 5.86. The zero-order valence-electron chi connectivity index (χ0n) is 6.55. The van der Waals surface area contributed by atoms with Crippen molar-refractivity contribution in [3.63, 3.8) is 0 Å². The van der Waals surface area contributed by atoms with Gasteiger partial charge in [-0.15, -0.1) is 11.3 Å². The van der Waals surface area contributed by atoms with Crippen LogP contribution in [0.25, 0.3) is 5.57 Å². The van der Waals surface area contributed by atoms with Gasteiger partial charge in [-0.25, -0.2) is 0 Å². The highest BCUT2D eigenvalue weighted by Crippen LogP contribution is 2.30. The highest BCUT2D eigenvalue weighted by Gasteiger charge is 2.07. The first kappa shape index (κ1) is 8.48. The van der Waals surface area contributed by atoms with E-state index < -0.39 is 0 Å². The zero-order valence-corrected chi connectivity index (χ0v) is 8.95. The molecule has 1 aromatic heterocycles. The summed E-state index contributed by atoms with van der Waals surface area (Å²) >= 11 is 5.25. The van der Waals surface area contributed by atoms with E-state index >= 15 is 0 Å². The third-order valence-corrected chi connectivity index (χ3v) is 3.55. The average molecular weight is 245 g/mol. The summed E-state index contributed by atoms with van der Waals surface area (Å²) in [6.45, 7) is 1.63. The van der Waals surface area contributed by atoms with Gasteiger partial charge in [0.2, 0.25) is 0 Å². The van der Waals surface area contributed by atoms with Crippen LogP contribution in [0.5, 0.6) is 0 Å². The Kier molecular flexibility index (Phi) is 2.63. The molecule has 1 nitrogen and oxygen atoms in total. The summed E-state index contributed by atoms with van der Waals surface area (Å²) in [6, 6.07) is 4.25. The van der Waals surface area contributed by atoms with Crippen molar-refractivity contribution in [1.29, 1.82) is 0 Å². The average Bonchev–Trinajstić information content (AvgIpc) is 2.54. The summed E-state index contributed by atoms with van der Waals surface area (Å²) in [5.74, 6) is 0. The first-order valence-electron chi connectivity index (χ1n) is 3.89. The number of hydrogen-bond donors (Lipinski definition) is 0. The Hall–Kier alpha value is -0.120. The van der Waals surface area contributed by atoms with E-state index in [1.807, 2.05) is 0 Å². The summed E-state index contributed by atoms with van der Waals surface area (Å²) in [7, 11) is 0. The first-order valence-corrected chi connectivity index (χ1v) is 5.50. The van der Waals surface area contributed by atoms with Crippen molar-refractivity contribution in [2.75, 3.05) is 13.2 Å². The van der Waals surface area contributed by atoms with Crippen molar-refractivity contribution in [3.05, 3.63) is 26.9 Å². The molecule has 0 spiro atoms. The molecule has 0 radical (unpaired) electrons. The van der Waals surface area contributed by atoms with Crippen LogP contribution in [0.2, 0.25) is 0 Å². The van der Waals surface area contributed by atoms with Crippen LogP contribution in [0, 0.1) is 0 Å². The number of rotatable bonds is 1. The van der Waals surface area contributed by atoms with Crippen LogP contribution in [0.15, 0.2) is 22.0 Å². The van der Waals surface area contributed by atoms with Gasteiger partial charge in [0, 0.05) is 4.88 Å². The van der Waals surface area contributed by atoms with Gasteiger partial charge in [0.05, 0.1) is 17.0 Å². The molecular formula is C9H9BrOS. The second-order valence-corrected chi connectivity index (χ2v) is 5.12. The standard InChI is InChI=1S/C9H9BrOS/c10-9-2-1-8(12-9)7-3-5-11-6-4-7/h1-3H,4-6H2. The van der Waals surface area contributed by atoms with E-state index in [0.717, 1.165) is 19.6 Å². The second kappa shape index (κ2) is 3.73. The molecule has 0 amide bonds. The van der Waals surface area contributed by atoms with E-state index in [4.69, 9.17) is 4.74 Å². The summed E-state index contributed by atoms with van der Waals surface area (Å²) < 4.78 is 6.44. The van der Waals surface area contributed by atoms with Gasteiger partial charge in [-0.05, 0) is 40.1 Å². The molecule has 1 aromatic rings. The number of halogens is 1. The Balaban J connectivity index is 2.23. The molecule has 0 saturated heterocycles. The lowest BCUT2D eigenvalue weighted by Gasteiger charge is -2.11. The second-order valence-electron chi connectivity index (χ2n) is 2.66. The summed E-state index contributed by atoms with van der Waals surface area (Å²) in [6.07, 6.45) is 3.22. The molecule has 0 aromatic carbocycles. The molecule has 2 heterocycles. The van der Waals surface area contributed by atoms with Gasteiger partial charge in [0.1, 0.15) is 0 Å². The predicted molar refractivity (Wildman–Crippen MR) is 55.4 cm³/mol. The summed E-state index contributed by atoms with van der Waals surface area (Å²) in [4.78, 5) is 1.37. The van der Waals surface area contributed by atoms with E-state index in [2.05, 4.69) is 34.1 Å². The molecule has 0 atom stereocenters.